The summed E-state index contributed by atoms with van der Waals surface area (Å²) in [6.45, 7) is 1.15. The average molecular weight is 270 g/mol. The van der Waals surface area contributed by atoms with Crippen molar-refractivity contribution in [1.29, 1.82) is 0 Å². The van der Waals surface area contributed by atoms with E-state index in [0.717, 1.165) is 12.5 Å². The number of hydrogen-bond acceptors (Lipinski definition) is 2. The molecule has 1 aromatic carbocycles. The fourth-order valence-corrected chi connectivity index (χ4v) is 3.09. The van der Waals surface area contributed by atoms with Crippen LogP contribution in [0.15, 0.2) is 24.3 Å². The van der Waals surface area contributed by atoms with Crippen LogP contribution in [0, 0.1) is 5.92 Å². The zero-order valence-electron chi connectivity index (χ0n) is 11.3. The Balaban J connectivity index is 0.00000162. The fourth-order valence-electron chi connectivity index (χ4n) is 3.09. The van der Waals surface area contributed by atoms with Gasteiger partial charge in [-0.2, -0.15) is 0 Å². The van der Waals surface area contributed by atoms with Gasteiger partial charge in [-0.25, -0.2) is 0 Å². The summed E-state index contributed by atoms with van der Waals surface area (Å²) in [6.07, 6.45) is 5.26. The maximum Gasteiger partial charge on any atom is 0.115 e. The number of hydrogen-bond donors (Lipinski definition) is 1. The summed E-state index contributed by atoms with van der Waals surface area (Å²) in [4.78, 5) is 2.28. The third-order valence-corrected chi connectivity index (χ3v) is 3.81. The second kappa shape index (κ2) is 7.01. The molecular weight excluding hydrogens is 246 g/mol. The van der Waals surface area contributed by atoms with Crippen LogP contribution in [0.2, 0.25) is 0 Å². The number of aromatic hydroxyl groups is 1. The molecule has 1 aromatic rings. The van der Waals surface area contributed by atoms with E-state index < -0.39 is 0 Å². The van der Waals surface area contributed by atoms with Gasteiger partial charge in [0.15, 0.2) is 0 Å². The second-order valence-corrected chi connectivity index (χ2v) is 5.51. The lowest BCUT2D eigenvalue weighted by Gasteiger charge is -2.33. The Morgan fingerprint density at radius 1 is 1.22 bits per heavy atom. The molecule has 0 aromatic heterocycles. The van der Waals surface area contributed by atoms with E-state index in [-0.39, 0.29) is 12.4 Å². The number of phenols is 1. The minimum atomic E-state index is 0. The van der Waals surface area contributed by atoms with Gasteiger partial charge in [0.1, 0.15) is 5.75 Å². The zero-order chi connectivity index (χ0) is 12.3. The molecule has 1 aliphatic rings. The van der Waals surface area contributed by atoms with Crippen LogP contribution in [0.1, 0.15) is 37.2 Å². The van der Waals surface area contributed by atoms with Crippen LogP contribution in [-0.4, -0.2) is 30.6 Å². The molecule has 1 N–H and O–H groups in total. The van der Waals surface area contributed by atoms with Crippen LogP contribution in [-0.2, 0) is 0 Å². The zero-order valence-corrected chi connectivity index (χ0v) is 12.1. The van der Waals surface area contributed by atoms with Crippen molar-refractivity contribution in [2.75, 3.05) is 20.6 Å². The summed E-state index contributed by atoms with van der Waals surface area (Å²) >= 11 is 0. The molecule has 18 heavy (non-hydrogen) atoms. The molecular formula is C15H24ClNO. The standard InChI is InChI=1S/C15H23NO.ClH/c1-16(2)11-13-6-3-4-9-15(13)12-7-5-8-14(17)10-12;/h5,7-8,10,13,15,17H,3-4,6,9,11H2,1-2H3;1H. The molecule has 0 aliphatic heterocycles. The number of benzene rings is 1. The number of phenolic OH excluding ortho intramolecular Hbond substituents is 1. The summed E-state index contributed by atoms with van der Waals surface area (Å²) < 4.78 is 0. The summed E-state index contributed by atoms with van der Waals surface area (Å²) in [7, 11) is 4.29. The van der Waals surface area contributed by atoms with Crippen molar-refractivity contribution >= 4 is 12.4 Å². The molecule has 1 saturated carbocycles. The third-order valence-electron chi connectivity index (χ3n) is 3.81. The first-order chi connectivity index (χ1) is 8.16. The van der Waals surface area contributed by atoms with Crippen molar-refractivity contribution < 1.29 is 5.11 Å². The molecule has 3 heteroatoms. The molecule has 2 rings (SSSR count). The summed E-state index contributed by atoms with van der Waals surface area (Å²) in [5.41, 5.74) is 1.32. The quantitative estimate of drug-likeness (QED) is 0.905. The first-order valence-corrected chi connectivity index (χ1v) is 6.60. The van der Waals surface area contributed by atoms with E-state index in [1.165, 1.54) is 31.2 Å². The van der Waals surface area contributed by atoms with E-state index in [9.17, 15) is 5.11 Å². The Hall–Kier alpha value is -0.730. The second-order valence-electron chi connectivity index (χ2n) is 5.51. The monoisotopic (exact) mass is 269 g/mol. The highest BCUT2D eigenvalue weighted by atomic mass is 35.5. The molecule has 2 atom stereocenters. The van der Waals surface area contributed by atoms with Gasteiger partial charge >= 0.3 is 0 Å². The first kappa shape index (κ1) is 15.3. The molecule has 2 unspecified atom stereocenters. The van der Waals surface area contributed by atoms with E-state index in [0.29, 0.717) is 11.7 Å². The van der Waals surface area contributed by atoms with Crippen LogP contribution >= 0.6 is 12.4 Å². The number of rotatable bonds is 3. The predicted molar refractivity (Wildman–Crippen MR) is 78.6 cm³/mol. The molecule has 0 heterocycles. The molecule has 2 nitrogen and oxygen atoms in total. The Labute approximate surface area is 116 Å². The van der Waals surface area contributed by atoms with Gasteiger partial charge in [-0.3, -0.25) is 0 Å². The fraction of sp³-hybridized carbons (Fsp3) is 0.600. The van der Waals surface area contributed by atoms with Crippen LogP contribution in [0.25, 0.3) is 0 Å². The molecule has 102 valence electrons. The van der Waals surface area contributed by atoms with Crippen molar-refractivity contribution in [3.63, 3.8) is 0 Å². The van der Waals surface area contributed by atoms with E-state index in [1.54, 1.807) is 6.07 Å². The van der Waals surface area contributed by atoms with Gasteiger partial charge in [0.25, 0.3) is 0 Å². The lowest BCUT2D eigenvalue weighted by molar-refractivity contribution is 0.233. The molecule has 1 fully saturated rings. The molecule has 0 radical (unpaired) electrons. The Morgan fingerprint density at radius 2 is 1.94 bits per heavy atom. The highest BCUT2D eigenvalue weighted by Crippen LogP contribution is 2.38. The average Bonchev–Trinajstić information content (AvgIpc) is 2.29. The van der Waals surface area contributed by atoms with E-state index in [4.69, 9.17) is 0 Å². The predicted octanol–water partition coefficient (Wildman–Crippen LogP) is 3.65. The van der Waals surface area contributed by atoms with E-state index in [1.807, 2.05) is 12.1 Å². The Kier molecular flexibility index (Phi) is 5.97. The van der Waals surface area contributed by atoms with Crippen molar-refractivity contribution in [2.45, 2.75) is 31.6 Å². The molecule has 0 spiro atoms. The molecule has 0 amide bonds. The van der Waals surface area contributed by atoms with E-state index >= 15 is 0 Å². The van der Waals surface area contributed by atoms with Crippen molar-refractivity contribution in [2.24, 2.45) is 5.92 Å². The maximum atomic E-state index is 9.60. The molecule has 0 bridgehead atoms. The normalized spacial score (nSPS) is 23.7. The van der Waals surface area contributed by atoms with Gasteiger partial charge in [-0.1, -0.05) is 25.0 Å². The molecule has 0 saturated heterocycles. The van der Waals surface area contributed by atoms with Crippen molar-refractivity contribution in [1.82, 2.24) is 4.90 Å². The van der Waals surface area contributed by atoms with Gasteiger partial charge < -0.3 is 10.0 Å². The largest absolute Gasteiger partial charge is 0.508 e. The van der Waals surface area contributed by atoms with Crippen LogP contribution < -0.4 is 0 Å². The van der Waals surface area contributed by atoms with E-state index in [2.05, 4.69) is 25.1 Å². The SMILES string of the molecule is CN(C)CC1CCCCC1c1cccc(O)c1.Cl. The van der Waals surface area contributed by atoms with Gasteiger partial charge in [-0.05, 0) is 56.5 Å². The summed E-state index contributed by atoms with van der Waals surface area (Å²) in [6, 6.07) is 7.83. The minimum Gasteiger partial charge on any atom is -0.508 e. The highest BCUT2D eigenvalue weighted by Gasteiger charge is 2.26. The minimum absolute atomic E-state index is 0. The van der Waals surface area contributed by atoms with Crippen LogP contribution in [0.3, 0.4) is 0 Å². The van der Waals surface area contributed by atoms with Gasteiger partial charge in [0, 0.05) is 6.54 Å². The summed E-state index contributed by atoms with van der Waals surface area (Å²) in [5.74, 6) is 1.76. The third kappa shape index (κ3) is 3.89. The number of halogens is 1. The topological polar surface area (TPSA) is 23.5 Å². The lowest BCUT2D eigenvalue weighted by Crippen LogP contribution is -2.28. The Bertz CT molecular complexity index is 367. The lowest BCUT2D eigenvalue weighted by atomic mass is 9.75. The van der Waals surface area contributed by atoms with Gasteiger partial charge in [0.2, 0.25) is 0 Å². The van der Waals surface area contributed by atoms with Crippen LogP contribution in [0.4, 0.5) is 0 Å². The van der Waals surface area contributed by atoms with Gasteiger partial charge in [-0.15, -0.1) is 12.4 Å². The van der Waals surface area contributed by atoms with Gasteiger partial charge in [0.05, 0.1) is 0 Å². The van der Waals surface area contributed by atoms with Crippen molar-refractivity contribution in [3.05, 3.63) is 29.8 Å². The van der Waals surface area contributed by atoms with Crippen molar-refractivity contribution in [3.8, 4) is 5.75 Å². The maximum absolute atomic E-state index is 9.60. The Morgan fingerprint density at radius 3 is 2.61 bits per heavy atom. The first-order valence-electron chi connectivity index (χ1n) is 6.60. The summed E-state index contributed by atoms with van der Waals surface area (Å²) in [5, 5.41) is 9.60. The van der Waals surface area contributed by atoms with Crippen LogP contribution in [0.5, 0.6) is 5.75 Å². The smallest absolute Gasteiger partial charge is 0.115 e. The highest BCUT2D eigenvalue weighted by molar-refractivity contribution is 5.85. The molecule has 1 aliphatic carbocycles. The number of nitrogens with zero attached hydrogens (tertiary/aromatic N) is 1.